The Labute approximate surface area is 207 Å². The van der Waals surface area contributed by atoms with Crippen molar-refractivity contribution in [1.82, 2.24) is 29.9 Å². The van der Waals surface area contributed by atoms with Gasteiger partial charge in [-0.05, 0) is 50.8 Å². The van der Waals surface area contributed by atoms with Crippen molar-refractivity contribution in [2.24, 2.45) is 5.92 Å². The zero-order valence-electron chi connectivity index (χ0n) is 20.3. The Morgan fingerprint density at radius 3 is 2.35 bits per heavy atom. The highest BCUT2D eigenvalue weighted by atomic mass is 32.1. The van der Waals surface area contributed by atoms with Crippen LogP contribution in [0.5, 0.6) is 0 Å². The Kier molecular flexibility index (Phi) is 8.13. The van der Waals surface area contributed by atoms with Crippen LogP contribution in [-0.4, -0.2) is 88.9 Å². The molecule has 1 amide bonds. The number of aromatic nitrogens is 3. The summed E-state index contributed by atoms with van der Waals surface area (Å²) in [7, 11) is 0. The number of amides is 1. The van der Waals surface area contributed by atoms with Gasteiger partial charge in [-0.25, -0.2) is 0 Å². The van der Waals surface area contributed by atoms with E-state index in [1.54, 1.807) is 11.3 Å². The van der Waals surface area contributed by atoms with Gasteiger partial charge in [-0.2, -0.15) is 0 Å². The normalized spacial score (nSPS) is 21.7. The number of hydrogen-bond donors (Lipinski definition) is 1. The van der Waals surface area contributed by atoms with Gasteiger partial charge in [0.1, 0.15) is 0 Å². The highest BCUT2D eigenvalue weighted by molar-refractivity contribution is 7.17. The molecule has 9 heteroatoms. The predicted molar refractivity (Wildman–Crippen MR) is 137 cm³/mol. The molecule has 0 unspecified atom stereocenters. The average molecular weight is 486 g/mol. The van der Waals surface area contributed by atoms with Crippen LogP contribution >= 0.6 is 11.3 Å². The smallest absolute Gasteiger partial charge is 0.223 e. The largest absolute Gasteiger partial charge is 0.356 e. The van der Waals surface area contributed by atoms with Gasteiger partial charge in [-0.15, -0.1) is 10.2 Å². The monoisotopic (exact) mass is 485 g/mol. The minimum atomic E-state index is 0.118. The van der Waals surface area contributed by atoms with Crippen LogP contribution in [0.3, 0.4) is 0 Å². The van der Waals surface area contributed by atoms with E-state index < -0.39 is 0 Å². The lowest BCUT2D eigenvalue weighted by molar-refractivity contribution is -0.125. The van der Waals surface area contributed by atoms with Gasteiger partial charge in [0.2, 0.25) is 16.2 Å². The number of hydrogen-bond acceptors (Lipinski definition) is 7. The molecule has 2 saturated heterocycles. The van der Waals surface area contributed by atoms with Gasteiger partial charge in [0.15, 0.2) is 0 Å². The maximum Gasteiger partial charge on any atom is 0.223 e. The molecule has 0 atom stereocenters. The summed E-state index contributed by atoms with van der Waals surface area (Å²) in [6, 6.07) is 4.82. The molecule has 0 bridgehead atoms. The summed E-state index contributed by atoms with van der Waals surface area (Å²) in [5.41, 5.74) is 0. The Bertz CT molecular complexity index is 879. The summed E-state index contributed by atoms with van der Waals surface area (Å²) in [6.07, 6.45) is 13.8. The van der Waals surface area contributed by atoms with Crippen molar-refractivity contribution in [3.8, 4) is 5.13 Å². The first-order chi connectivity index (χ1) is 16.8. The molecule has 2 aromatic heterocycles. The van der Waals surface area contributed by atoms with Gasteiger partial charge in [0.05, 0.1) is 0 Å². The number of carbonyl (C=O) groups excluding carboxylic acids is 1. The third-order valence-corrected chi connectivity index (χ3v) is 8.81. The van der Waals surface area contributed by atoms with Crippen molar-refractivity contribution in [2.75, 3.05) is 57.3 Å². The molecule has 8 nitrogen and oxygen atoms in total. The van der Waals surface area contributed by atoms with Gasteiger partial charge in [-0.1, -0.05) is 30.6 Å². The van der Waals surface area contributed by atoms with Crippen LogP contribution in [0.1, 0.15) is 51.4 Å². The Morgan fingerprint density at radius 2 is 1.62 bits per heavy atom. The summed E-state index contributed by atoms with van der Waals surface area (Å²) in [5.74, 6) is 0.346. The van der Waals surface area contributed by atoms with Gasteiger partial charge in [-0.3, -0.25) is 14.3 Å². The minimum Gasteiger partial charge on any atom is -0.356 e. The second kappa shape index (κ2) is 11.6. The van der Waals surface area contributed by atoms with Crippen LogP contribution in [-0.2, 0) is 4.79 Å². The number of carbonyl (C=O) groups is 1. The lowest BCUT2D eigenvalue weighted by atomic mass is 9.94. The van der Waals surface area contributed by atoms with Crippen molar-refractivity contribution in [1.29, 1.82) is 0 Å². The topological polar surface area (TPSA) is 69.5 Å². The zero-order chi connectivity index (χ0) is 23.2. The fourth-order valence-electron chi connectivity index (χ4n) is 5.69. The van der Waals surface area contributed by atoms with Gasteiger partial charge >= 0.3 is 0 Å². The Morgan fingerprint density at radius 1 is 0.912 bits per heavy atom. The lowest BCUT2D eigenvalue weighted by Crippen LogP contribution is -2.51. The van der Waals surface area contributed by atoms with Crippen molar-refractivity contribution in [3.63, 3.8) is 0 Å². The Hall–Kier alpha value is -1.97. The number of nitrogens with one attached hydrogen (secondary N) is 1. The molecular weight excluding hydrogens is 446 g/mol. The second-order valence-corrected chi connectivity index (χ2v) is 11.0. The van der Waals surface area contributed by atoms with E-state index >= 15 is 0 Å². The predicted octanol–water partition coefficient (Wildman–Crippen LogP) is 3.00. The summed E-state index contributed by atoms with van der Waals surface area (Å²) >= 11 is 1.60. The average Bonchev–Trinajstić information content (AvgIpc) is 3.60. The molecule has 1 N–H and O–H groups in total. The molecule has 34 heavy (non-hydrogen) atoms. The van der Waals surface area contributed by atoms with Crippen molar-refractivity contribution in [3.05, 3.63) is 24.5 Å². The Balaban J connectivity index is 0.960. The second-order valence-electron chi connectivity index (χ2n) is 10.0. The van der Waals surface area contributed by atoms with Crippen LogP contribution in [0.4, 0.5) is 5.13 Å². The van der Waals surface area contributed by atoms with Crippen LogP contribution in [0, 0.1) is 5.92 Å². The fourth-order valence-corrected chi connectivity index (χ4v) is 6.56. The molecule has 4 heterocycles. The minimum absolute atomic E-state index is 0.118. The van der Waals surface area contributed by atoms with E-state index in [0.29, 0.717) is 0 Å². The van der Waals surface area contributed by atoms with Gasteiger partial charge in [0.25, 0.3) is 0 Å². The molecule has 2 aliphatic heterocycles. The highest BCUT2D eigenvalue weighted by Gasteiger charge is 2.27. The van der Waals surface area contributed by atoms with Crippen LogP contribution in [0.15, 0.2) is 24.5 Å². The molecule has 3 fully saturated rings. The SMILES string of the molecule is O=C(NCCCN1CCN(C2CCCCC2)CC1)C1CCN(c2nnc(-n3cccc3)s2)CC1. The van der Waals surface area contributed by atoms with Crippen molar-refractivity contribution >= 4 is 22.4 Å². The number of nitrogens with zero attached hydrogens (tertiary/aromatic N) is 6. The molecule has 0 aromatic carbocycles. The first kappa shape index (κ1) is 23.8. The standard InChI is InChI=1S/C25H39N7OS/c33-23(26-11-6-12-29-17-19-30(20-18-29)22-7-2-1-3-8-22)21-9-15-32(16-10-21)25-28-27-24(34-25)31-13-4-5-14-31/h4-5,13-14,21-22H,1-3,6-12,15-20H2,(H,26,33). The van der Waals surface area contributed by atoms with E-state index in [1.165, 1.54) is 58.3 Å². The van der Waals surface area contributed by atoms with Crippen LogP contribution in [0.2, 0.25) is 0 Å². The summed E-state index contributed by atoms with van der Waals surface area (Å²) in [6.45, 7) is 8.42. The third kappa shape index (κ3) is 5.98. The number of piperazine rings is 1. The zero-order valence-corrected chi connectivity index (χ0v) is 21.1. The molecule has 0 spiro atoms. The highest BCUT2D eigenvalue weighted by Crippen LogP contribution is 2.28. The quantitative estimate of drug-likeness (QED) is 0.580. The summed E-state index contributed by atoms with van der Waals surface area (Å²) < 4.78 is 1.98. The molecular formula is C25H39N7OS. The number of rotatable bonds is 8. The molecule has 0 radical (unpaired) electrons. The molecule has 1 saturated carbocycles. The van der Waals surface area contributed by atoms with E-state index in [9.17, 15) is 4.79 Å². The first-order valence-electron chi connectivity index (χ1n) is 13.2. The van der Waals surface area contributed by atoms with E-state index in [1.807, 2.05) is 29.1 Å². The number of piperidine rings is 1. The third-order valence-electron chi connectivity index (χ3n) is 7.81. The molecule has 3 aliphatic rings. The summed E-state index contributed by atoms with van der Waals surface area (Å²) in [5, 5.41) is 13.7. The molecule has 186 valence electrons. The van der Waals surface area contributed by atoms with Gasteiger partial charge < -0.3 is 15.1 Å². The molecule has 1 aliphatic carbocycles. The van der Waals surface area contributed by atoms with Gasteiger partial charge in [0, 0.05) is 70.2 Å². The molecule has 2 aromatic rings. The van der Waals surface area contributed by atoms with Crippen LogP contribution < -0.4 is 10.2 Å². The molecule has 5 rings (SSSR count). The van der Waals surface area contributed by atoms with Crippen molar-refractivity contribution < 1.29 is 4.79 Å². The van der Waals surface area contributed by atoms with Crippen LogP contribution in [0.25, 0.3) is 5.13 Å². The number of anilines is 1. The van der Waals surface area contributed by atoms with E-state index in [4.69, 9.17) is 0 Å². The summed E-state index contributed by atoms with van der Waals surface area (Å²) in [4.78, 5) is 20.3. The maximum atomic E-state index is 12.7. The van der Waals surface area contributed by atoms with E-state index in [-0.39, 0.29) is 11.8 Å². The fraction of sp³-hybridized carbons (Fsp3) is 0.720. The first-order valence-corrected chi connectivity index (χ1v) is 14.0. The lowest BCUT2D eigenvalue weighted by Gasteiger charge is -2.40. The van der Waals surface area contributed by atoms with Crippen molar-refractivity contribution in [2.45, 2.75) is 57.4 Å². The van der Waals surface area contributed by atoms with E-state index in [0.717, 1.165) is 61.7 Å². The van der Waals surface area contributed by atoms with E-state index in [2.05, 4.69) is 30.2 Å². The maximum absolute atomic E-state index is 12.7.